The molecule has 0 atom stereocenters. The standard InChI is InChI=1S/C8H20NSi2/c1-8(2)5-9(3,4)7(11)6(8)10/h5H2,1-4,10-11H3/q+1. The van der Waals surface area contributed by atoms with Crippen LogP contribution in [-0.2, 0) is 0 Å². The minimum atomic E-state index is 0.507. The fraction of sp³-hybridized carbons (Fsp3) is 0.750. The van der Waals surface area contributed by atoms with E-state index in [1.54, 1.807) is 10.5 Å². The van der Waals surface area contributed by atoms with E-state index in [1.165, 1.54) is 27.0 Å². The highest BCUT2D eigenvalue weighted by atomic mass is 28.2. The molecule has 3 heteroatoms. The van der Waals surface area contributed by atoms with Crippen LogP contribution in [0.5, 0.6) is 0 Å². The molecule has 0 aromatic heterocycles. The average Bonchev–Trinajstić information content (AvgIpc) is 1.91. The van der Waals surface area contributed by atoms with Gasteiger partial charge in [0.1, 0.15) is 10.2 Å². The molecule has 64 valence electrons. The first-order valence-corrected chi connectivity index (χ1v) is 6.29. The van der Waals surface area contributed by atoms with Crippen molar-refractivity contribution in [1.82, 2.24) is 0 Å². The van der Waals surface area contributed by atoms with Crippen LogP contribution in [0.3, 0.4) is 0 Å². The highest BCUT2D eigenvalue weighted by Crippen LogP contribution is 2.37. The van der Waals surface area contributed by atoms with Gasteiger partial charge in [0.25, 0.3) is 0 Å². The van der Waals surface area contributed by atoms with Crippen molar-refractivity contribution in [3.8, 4) is 0 Å². The molecule has 0 bridgehead atoms. The zero-order valence-electron chi connectivity index (χ0n) is 8.65. The summed E-state index contributed by atoms with van der Waals surface area (Å²) in [6.07, 6.45) is 0. The third-order valence-electron chi connectivity index (χ3n) is 3.26. The van der Waals surface area contributed by atoms with Crippen molar-refractivity contribution in [2.45, 2.75) is 13.8 Å². The van der Waals surface area contributed by atoms with Gasteiger partial charge in [0.2, 0.25) is 0 Å². The van der Waals surface area contributed by atoms with Crippen molar-refractivity contribution in [3.63, 3.8) is 0 Å². The molecule has 0 amide bonds. The van der Waals surface area contributed by atoms with E-state index in [1.807, 2.05) is 0 Å². The Kier molecular flexibility index (Phi) is 1.94. The highest BCUT2D eigenvalue weighted by Gasteiger charge is 2.40. The number of hydrogen-bond acceptors (Lipinski definition) is 0. The van der Waals surface area contributed by atoms with Crippen LogP contribution in [0.25, 0.3) is 0 Å². The Morgan fingerprint density at radius 3 is 1.82 bits per heavy atom. The predicted octanol–water partition coefficient (Wildman–Crippen LogP) is -0.998. The van der Waals surface area contributed by atoms with Gasteiger partial charge in [-0.2, -0.15) is 0 Å². The highest BCUT2D eigenvalue weighted by molar-refractivity contribution is 6.31. The third kappa shape index (κ3) is 1.37. The second-order valence-electron chi connectivity index (χ2n) is 4.94. The van der Waals surface area contributed by atoms with Crippen molar-refractivity contribution < 1.29 is 4.48 Å². The van der Waals surface area contributed by atoms with E-state index in [0.717, 1.165) is 4.48 Å². The maximum atomic E-state index is 2.39. The van der Waals surface area contributed by atoms with E-state index in [2.05, 4.69) is 27.9 Å². The van der Waals surface area contributed by atoms with Crippen LogP contribution >= 0.6 is 0 Å². The van der Waals surface area contributed by atoms with E-state index in [0.29, 0.717) is 5.41 Å². The Balaban J connectivity index is 3.09. The molecular formula is C8H20NSi2+. The largest absolute Gasteiger partial charge is 0.305 e. The molecule has 1 rings (SSSR count). The molecule has 1 aliphatic heterocycles. The van der Waals surface area contributed by atoms with E-state index in [4.69, 9.17) is 0 Å². The lowest BCUT2D eigenvalue weighted by Gasteiger charge is -2.28. The minimum absolute atomic E-state index is 0.507. The number of rotatable bonds is 0. The van der Waals surface area contributed by atoms with E-state index >= 15 is 0 Å². The van der Waals surface area contributed by atoms with Gasteiger partial charge in [0.05, 0.1) is 26.0 Å². The maximum absolute atomic E-state index is 2.39. The summed E-state index contributed by atoms with van der Waals surface area (Å²) in [5, 5.41) is 3.51. The summed E-state index contributed by atoms with van der Waals surface area (Å²) in [5.74, 6) is 0. The lowest BCUT2D eigenvalue weighted by atomic mass is 9.95. The fourth-order valence-corrected chi connectivity index (χ4v) is 3.77. The van der Waals surface area contributed by atoms with Crippen molar-refractivity contribution in [1.29, 1.82) is 0 Å². The second kappa shape index (κ2) is 2.31. The van der Waals surface area contributed by atoms with Crippen LogP contribution in [0, 0.1) is 5.41 Å². The summed E-state index contributed by atoms with van der Waals surface area (Å²) in [4.78, 5) is 0. The molecule has 0 saturated heterocycles. The van der Waals surface area contributed by atoms with Crippen molar-refractivity contribution >= 4 is 20.5 Å². The number of quaternary nitrogens is 1. The van der Waals surface area contributed by atoms with Crippen molar-refractivity contribution in [2.24, 2.45) is 5.41 Å². The Morgan fingerprint density at radius 2 is 1.73 bits per heavy atom. The topological polar surface area (TPSA) is 0 Å². The van der Waals surface area contributed by atoms with Crippen LogP contribution in [-0.4, -0.2) is 45.6 Å². The van der Waals surface area contributed by atoms with Crippen LogP contribution in [0.15, 0.2) is 10.5 Å². The lowest BCUT2D eigenvalue weighted by molar-refractivity contribution is -0.844. The number of hydrogen-bond donors (Lipinski definition) is 0. The molecule has 0 aromatic rings. The molecule has 1 aliphatic rings. The SMILES string of the molecule is CC1(C)C[N+](C)(C)C([SiH3])=C1[SiH3]. The van der Waals surface area contributed by atoms with Crippen molar-refractivity contribution in [3.05, 3.63) is 10.5 Å². The van der Waals surface area contributed by atoms with Crippen molar-refractivity contribution in [2.75, 3.05) is 20.6 Å². The lowest BCUT2D eigenvalue weighted by Crippen LogP contribution is -2.39. The quantitative estimate of drug-likeness (QED) is 0.336. The van der Waals surface area contributed by atoms with Gasteiger partial charge >= 0.3 is 0 Å². The van der Waals surface area contributed by atoms with Crippen LogP contribution in [0.4, 0.5) is 0 Å². The molecule has 0 saturated carbocycles. The molecule has 0 aliphatic carbocycles. The molecule has 1 heterocycles. The molecule has 0 spiro atoms. The van der Waals surface area contributed by atoms with Gasteiger partial charge in [-0.1, -0.05) is 13.8 Å². The zero-order chi connectivity index (χ0) is 8.86. The summed E-state index contributed by atoms with van der Waals surface area (Å²) in [6, 6.07) is 0. The van der Waals surface area contributed by atoms with Gasteiger partial charge in [0.15, 0.2) is 0 Å². The summed E-state index contributed by atoms with van der Waals surface area (Å²) in [7, 11) is 7.20. The first-order valence-electron chi connectivity index (χ1n) is 4.29. The summed E-state index contributed by atoms with van der Waals surface area (Å²) >= 11 is 0. The molecule has 0 radical (unpaired) electrons. The summed E-state index contributed by atoms with van der Waals surface area (Å²) < 4.78 is 1.16. The average molecular weight is 186 g/mol. The van der Waals surface area contributed by atoms with Crippen LogP contribution in [0.1, 0.15) is 13.8 Å². The second-order valence-corrected chi connectivity index (χ2v) is 6.88. The Bertz CT molecular complexity index is 194. The normalized spacial score (nSPS) is 28.4. The van der Waals surface area contributed by atoms with Gasteiger partial charge < -0.3 is 4.48 Å². The Labute approximate surface area is 75.9 Å². The molecule has 0 N–H and O–H groups in total. The van der Waals surface area contributed by atoms with Gasteiger partial charge in [-0.25, -0.2) is 0 Å². The van der Waals surface area contributed by atoms with Crippen LogP contribution < -0.4 is 0 Å². The minimum Gasteiger partial charge on any atom is -0.305 e. The predicted molar refractivity (Wildman–Crippen MR) is 57.7 cm³/mol. The maximum Gasteiger partial charge on any atom is 0.107 e. The molecule has 0 fully saturated rings. The molecule has 11 heavy (non-hydrogen) atoms. The Morgan fingerprint density at radius 1 is 1.27 bits per heavy atom. The van der Waals surface area contributed by atoms with Gasteiger partial charge in [-0.05, 0) is 5.20 Å². The molecule has 0 aromatic carbocycles. The fourth-order valence-electron chi connectivity index (χ4n) is 2.17. The van der Waals surface area contributed by atoms with Gasteiger partial charge in [0, 0.05) is 15.7 Å². The van der Waals surface area contributed by atoms with E-state index in [-0.39, 0.29) is 0 Å². The molecular weight excluding hydrogens is 166 g/mol. The van der Waals surface area contributed by atoms with Crippen LogP contribution in [0.2, 0.25) is 0 Å². The monoisotopic (exact) mass is 186 g/mol. The third-order valence-corrected chi connectivity index (χ3v) is 8.29. The smallest absolute Gasteiger partial charge is 0.107 e. The Hall–Kier alpha value is 0.134. The van der Waals surface area contributed by atoms with Gasteiger partial charge in [-0.15, -0.1) is 0 Å². The first-order chi connectivity index (χ1) is 4.77. The first kappa shape index (κ1) is 9.22. The van der Waals surface area contributed by atoms with E-state index in [9.17, 15) is 0 Å². The molecule has 1 nitrogen and oxygen atoms in total. The molecule has 0 unspecified atom stereocenters. The zero-order valence-corrected chi connectivity index (χ0v) is 12.7. The number of nitrogens with zero attached hydrogens (tertiary/aromatic N) is 1. The summed E-state index contributed by atoms with van der Waals surface area (Å²) in [6.45, 7) is 6.09. The summed E-state index contributed by atoms with van der Waals surface area (Å²) in [5.41, 5.74) is 0.507. The van der Waals surface area contributed by atoms with E-state index < -0.39 is 0 Å². The van der Waals surface area contributed by atoms with Gasteiger partial charge in [-0.3, -0.25) is 0 Å².